The molecule has 2 heterocycles. The topological polar surface area (TPSA) is 82.7 Å². The van der Waals surface area contributed by atoms with E-state index in [4.69, 9.17) is 0 Å². The first-order valence-electron chi connectivity index (χ1n) is 8.33. The van der Waals surface area contributed by atoms with Crippen molar-refractivity contribution in [2.75, 3.05) is 11.9 Å². The second-order valence-corrected chi connectivity index (χ2v) is 6.54. The van der Waals surface area contributed by atoms with Crippen LogP contribution >= 0.6 is 0 Å². The lowest BCUT2D eigenvalue weighted by Gasteiger charge is -2.13. The molecule has 0 spiro atoms. The third kappa shape index (κ3) is 2.91. The van der Waals surface area contributed by atoms with Crippen LogP contribution in [0.4, 0.5) is 10.3 Å². The van der Waals surface area contributed by atoms with Gasteiger partial charge in [0.05, 0.1) is 17.2 Å². The molecule has 3 aromatic rings. The maximum atomic E-state index is 14.7. The number of benzene rings is 1. The maximum absolute atomic E-state index is 14.7. The van der Waals surface area contributed by atoms with Crippen LogP contribution in [-0.4, -0.2) is 37.5 Å². The maximum Gasteiger partial charge on any atom is 0.227 e. The molecule has 130 valence electrons. The molecule has 7 heteroatoms. The second-order valence-electron chi connectivity index (χ2n) is 6.54. The Labute approximate surface area is 144 Å². The zero-order valence-corrected chi connectivity index (χ0v) is 13.8. The number of aliphatic hydroxyl groups is 1. The lowest BCUT2D eigenvalue weighted by Crippen LogP contribution is -2.18. The molecule has 1 aliphatic carbocycles. The lowest BCUT2D eigenvalue weighted by molar-refractivity contribution is 0.208. The molecular formula is C18H19FN4O2. The predicted molar refractivity (Wildman–Crippen MR) is 92.2 cm³/mol. The molecule has 0 saturated heterocycles. The van der Waals surface area contributed by atoms with Crippen LogP contribution in [0.5, 0.6) is 5.75 Å². The van der Waals surface area contributed by atoms with Gasteiger partial charge in [0.2, 0.25) is 5.95 Å². The monoisotopic (exact) mass is 342 g/mol. The number of rotatable bonds is 5. The van der Waals surface area contributed by atoms with Gasteiger partial charge in [-0.25, -0.2) is 4.39 Å². The zero-order chi connectivity index (χ0) is 17.6. The van der Waals surface area contributed by atoms with Gasteiger partial charge in [0.1, 0.15) is 17.3 Å². The number of hydrogen-bond acceptors (Lipinski definition) is 5. The van der Waals surface area contributed by atoms with Crippen LogP contribution in [0.1, 0.15) is 31.2 Å². The Morgan fingerprint density at radius 3 is 2.84 bits per heavy atom. The van der Waals surface area contributed by atoms with Gasteiger partial charge in [-0.15, -0.1) is 10.2 Å². The number of aromatic hydroxyl groups is 1. The number of halogens is 1. The lowest BCUT2D eigenvalue weighted by atomic mass is 10.0. The van der Waals surface area contributed by atoms with E-state index in [2.05, 4.69) is 15.5 Å². The number of aromatic nitrogens is 3. The number of anilines is 1. The second kappa shape index (κ2) is 6.00. The summed E-state index contributed by atoms with van der Waals surface area (Å²) in [6.45, 7) is 1.98. The highest BCUT2D eigenvalue weighted by Crippen LogP contribution is 2.44. The summed E-state index contributed by atoms with van der Waals surface area (Å²) in [5, 5.41) is 31.0. The average molecular weight is 342 g/mol. The summed E-state index contributed by atoms with van der Waals surface area (Å²) < 4.78 is 16.4. The minimum Gasteiger partial charge on any atom is -0.507 e. The van der Waals surface area contributed by atoms with Gasteiger partial charge >= 0.3 is 0 Å². The van der Waals surface area contributed by atoms with Crippen LogP contribution in [-0.2, 0) is 0 Å². The zero-order valence-electron chi connectivity index (χ0n) is 13.8. The van der Waals surface area contributed by atoms with E-state index in [0.29, 0.717) is 23.9 Å². The van der Waals surface area contributed by atoms with Crippen molar-refractivity contribution in [3.05, 3.63) is 41.8 Å². The SMILES string of the molecule is CC(O)CNc1nnc(-c2c(O)cc(C3CC3)cc2F)c2cccn12. The van der Waals surface area contributed by atoms with E-state index < -0.39 is 11.9 Å². The minimum absolute atomic E-state index is 0.0580. The Kier molecular flexibility index (Phi) is 3.80. The highest BCUT2D eigenvalue weighted by molar-refractivity contribution is 5.81. The van der Waals surface area contributed by atoms with E-state index in [0.717, 1.165) is 18.4 Å². The Morgan fingerprint density at radius 2 is 2.16 bits per heavy atom. The Bertz CT molecular complexity index is 911. The first-order chi connectivity index (χ1) is 12.0. The fraction of sp³-hybridized carbons (Fsp3) is 0.333. The van der Waals surface area contributed by atoms with Crippen molar-refractivity contribution in [1.82, 2.24) is 14.6 Å². The fourth-order valence-electron chi connectivity index (χ4n) is 2.99. The van der Waals surface area contributed by atoms with E-state index in [1.807, 2.05) is 0 Å². The van der Waals surface area contributed by atoms with Crippen LogP contribution in [0.15, 0.2) is 30.5 Å². The standard InChI is InChI=1S/C18H19FN4O2/c1-10(24)9-20-18-22-21-17(14-3-2-6-23(14)18)16-13(19)7-12(8-15(16)25)11-4-5-11/h2-3,6-8,10-11,24-25H,4-5,9H2,1H3,(H,20,22). The van der Waals surface area contributed by atoms with Crippen LogP contribution < -0.4 is 5.32 Å². The van der Waals surface area contributed by atoms with Crippen molar-refractivity contribution >= 4 is 11.5 Å². The van der Waals surface area contributed by atoms with Gasteiger partial charge in [-0.3, -0.25) is 4.40 Å². The number of nitrogens with one attached hydrogen (secondary N) is 1. The van der Waals surface area contributed by atoms with Gasteiger partial charge < -0.3 is 15.5 Å². The third-order valence-electron chi connectivity index (χ3n) is 4.40. The number of phenolic OH excluding ortho intramolecular Hbond substituents is 1. The predicted octanol–water partition coefficient (Wildman–Crippen LogP) is 2.91. The van der Waals surface area contributed by atoms with Crippen molar-refractivity contribution in [1.29, 1.82) is 0 Å². The normalized spacial score (nSPS) is 15.5. The average Bonchev–Trinajstić information content (AvgIpc) is 3.30. The molecule has 1 saturated carbocycles. The number of phenols is 1. The number of fused-ring (bicyclic) bond motifs is 1. The van der Waals surface area contributed by atoms with Gasteiger partial charge in [-0.05, 0) is 55.5 Å². The fourth-order valence-corrected chi connectivity index (χ4v) is 2.99. The molecular weight excluding hydrogens is 323 g/mol. The van der Waals surface area contributed by atoms with Crippen LogP contribution in [0, 0.1) is 5.82 Å². The van der Waals surface area contributed by atoms with Gasteiger partial charge in [-0.2, -0.15) is 0 Å². The molecule has 6 nitrogen and oxygen atoms in total. The van der Waals surface area contributed by atoms with Gasteiger partial charge in [0, 0.05) is 12.7 Å². The summed E-state index contributed by atoms with van der Waals surface area (Å²) in [6, 6.07) is 6.68. The van der Waals surface area contributed by atoms with Crippen LogP contribution in [0.25, 0.3) is 16.8 Å². The molecule has 3 N–H and O–H groups in total. The van der Waals surface area contributed by atoms with Crippen molar-refractivity contribution in [2.24, 2.45) is 0 Å². The molecule has 1 fully saturated rings. The molecule has 1 atom stereocenters. The molecule has 0 bridgehead atoms. The van der Waals surface area contributed by atoms with E-state index in [1.54, 1.807) is 35.7 Å². The first-order valence-corrected chi connectivity index (χ1v) is 8.33. The summed E-state index contributed by atoms with van der Waals surface area (Å²) in [4.78, 5) is 0. The quantitative estimate of drug-likeness (QED) is 0.664. The molecule has 1 aromatic carbocycles. The summed E-state index contributed by atoms with van der Waals surface area (Å²) in [6.07, 6.45) is 3.30. The van der Waals surface area contributed by atoms with E-state index in [-0.39, 0.29) is 17.0 Å². The molecule has 1 unspecified atom stereocenters. The Hall–Kier alpha value is -2.67. The molecule has 1 aliphatic rings. The third-order valence-corrected chi connectivity index (χ3v) is 4.40. The highest BCUT2D eigenvalue weighted by atomic mass is 19.1. The van der Waals surface area contributed by atoms with Crippen molar-refractivity contribution < 1.29 is 14.6 Å². The summed E-state index contributed by atoms with van der Waals surface area (Å²) in [5.74, 6) is 0.174. The van der Waals surface area contributed by atoms with Crippen molar-refractivity contribution in [2.45, 2.75) is 31.8 Å². The summed E-state index contributed by atoms with van der Waals surface area (Å²) >= 11 is 0. The molecule has 4 rings (SSSR count). The molecule has 0 radical (unpaired) electrons. The van der Waals surface area contributed by atoms with Gasteiger partial charge in [-0.1, -0.05) is 0 Å². The number of aliphatic hydroxyl groups excluding tert-OH is 1. The van der Waals surface area contributed by atoms with E-state index in [1.165, 1.54) is 6.07 Å². The summed E-state index contributed by atoms with van der Waals surface area (Å²) in [7, 11) is 0. The Morgan fingerprint density at radius 1 is 1.36 bits per heavy atom. The number of nitrogens with zero attached hydrogens (tertiary/aromatic N) is 3. The largest absolute Gasteiger partial charge is 0.507 e. The van der Waals surface area contributed by atoms with Gasteiger partial charge in [0.15, 0.2) is 0 Å². The summed E-state index contributed by atoms with van der Waals surface area (Å²) in [5.41, 5.74) is 1.79. The Balaban J connectivity index is 1.80. The van der Waals surface area contributed by atoms with Crippen molar-refractivity contribution in [3.8, 4) is 17.0 Å². The minimum atomic E-state index is -0.538. The van der Waals surface area contributed by atoms with Crippen LogP contribution in [0.2, 0.25) is 0 Å². The first kappa shape index (κ1) is 15.8. The van der Waals surface area contributed by atoms with Gasteiger partial charge in [0.25, 0.3) is 0 Å². The van der Waals surface area contributed by atoms with E-state index in [9.17, 15) is 14.6 Å². The molecule has 2 aromatic heterocycles. The molecule has 0 aliphatic heterocycles. The van der Waals surface area contributed by atoms with Crippen molar-refractivity contribution in [3.63, 3.8) is 0 Å². The smallest absolute Gasteiger partial charge is 0.227 e. The van der Waals surface area contributed by atoms with Crippen LogP contribution in [0.3, 0.4) is 0 Å². The highest BCUT2D eigenvalue weighted by Gasteiger charge is 2.27. The molecule has 25 heavy (non-hydrogen) atoms. The number of hydrogen-bond donors (Lipinski definition) is 3. The molecule has 0 amide bonds. The van der Waals surface area contributed by atoms with E-state index >= 15 is 0 Å².